The summed E-state index contributed by atoms with van der Waals surface area (Å²) in [4.78, 5) is 21.4. The minimum Gasteiger partial charge on any atom is -0.301 e. The summed E-state index contributed by atoms with van der Waals surface area (Å²) < 4.78 is 0. The predicted molar refractivity (Wildman–Crippen MR) is 120 cm³/mol. The van der Waals surface area contributed by atoms with E-state index in [1.54, 1.807) is 11.8 Å². The SMILES string of the molecule is O=c1[nH]c(SCCc2ccccc2)nc2c1C1(CCCCC1)Cc1ccccc1-2. The Balaban J connectivity index is 1.50. The van der Waals surface area contributed by atoms with Gasteiger partial charge in [0.15, 0.2) is 5.16 Å². The van der Waals surface area contributed by atoms with Gasteiger partial charge in [-0.05, 0) is 36.8 Å². The molecule has 1 aromatic heterocycles. The molecule has 1 fully saturated rings. The van der Waals surface area contributed by atoms with Gasteiger partial charge in [0.25, 0.3) is 5.56 Å². The van der Waals surface area contributed by atoms with Crippen molar-refractivity contribution in [3.05, 3.63) is 81.6 Å². The molecule has 1 N–H and O–H groups in total. The van der Waals surface area contributed by atoms with E-state index in [2.05, 4.69) is 53.5 Å². The zero-order valence-electron chi connectivity index (χ0n) is 16.6. The Hall–Kier alpha value is -2.33. The molecule has 4 heteroatoms. The van der Waals surface area contributed by atoms with Crippen molar-refractivity contribution in [1.82, 2.24) is 9.97 Å². The van der Waals surface area contributed by atoms with E-state index in [-0.39, 0.29) is 11.0 Å². The Morgan fingerprint density at radius 2 is 1.72 bits per heavy atom. The van der Waals surface area contributed by atoms with E-state index in [1.165, 1.54) is 30.4 Å². The minimum absolute atomic E-state index is 0.0320. The first kappa shape index (κ1) is 18.7. The van der Waals surface area contributed by atoms with Crippen LogP contribution in [0.5, 0.6) is 0 Å². The third-order valence-corrected chi connectivity index (χ3v) is 7.39. The molecule has 0 aliphatic heterocycles. The number of nitrogens with one attached hydrogen (secondary N) is 1. The number of fused-ring (bicyclic) bond motifs is 4. The number of benzene rings is 2. The van der Waals surface area contributed by atoms with Crippen molar-refractivity contribution in [2.45, 2.75) is 55.5 Å². The summed E-state index contributed by atoms with van der Waals surface area (Å²) in [7, 11) is 0. The van der Waals surface area contributed by atoms with E-state index < -0.39 is 0 Å². The van der Waals surface area contributed by atoms with Crippen LogP contribution in [-0.2, 0) is 18.3 Å². The maximum absolute atomic E-state index is 13.3. The molecule has 5 rings (SSSR count). The van der Waals surface area contributed by atoms with Gasteiger partial charge in [0, 0.05) is 16.7 Å². The number of aromatic nitrogens is 2. The van der Waals surface area contributed by atoms with Crippen LogP contribution in [-0.4, -0.2) is 15.7 Å². The van der Waals surface area contributed by atoms with E-state index in [0.29, 0.717) is 0 Å². The molecule has 0 amide bonds. The lowest BCUT2D eigenvalue weighted by molar-refractivity contribution is 0.284. The molecule has 1 heterocycles. The third kappa shape index (κ3) is 3.55. The number of aryl methyl sites for hydroxylation is 1. The summed E-state index contributed by atoms with van der Waals surface area (Å²) in [5.74, 6) is 0.901. The molecule has 0 atom stereocenters. The standard InChI is InChI=1S/C25H26N2OS/c28-23-21-22(26-24(27-23)29-16-13-18-9-3-1-4-10-18)20-12-6-5-11-19(20)17-25(21)14-7-2-8-15-25/h1,3-6,9-12H,2,7-8,13-17H2,(H,26,27,28). The number of hydrogen-bond donors (Lipinski definition) is 1. The molecule has 1 saturated carbocycles. The van der Waals surface area contributed by atoms with Gasteiger partial charge < -0.3 is 4.98 Å². The highest BCUT2D eigenvalue weighted by Gasteiger charge is 2.42. The lowest BCUT2D eigenvalue weighted by atomic mass is 9.62. The van der Waals surface area contributed by atoms with Gasteiger partial charge in [-0.3, -0.25) is 4.79 Å². The largest absolute Gasteiger partial charge is 0.301 e. The molecular formula is C25H26N2OS. The second-order valence-electron chi connectivity index (χ2n) is 8.35. The Kier molecular flexibility index (Phi) is 5.04. The van der Waals surface area contributed by atoms with Gasteiger partial charge in [-0.2, -0.15) is 0 Å². The molecule has 3 nitrogen and oxygen atoms in total. The highest BCUT2D eigenvalue weighted by Crippen LogP contribution is 2.48. The summed E-state index contributed by atoms with van der Waals surface area (Å²) in [6.07, 6.45) is 7.81. The summed E-state index contributed by atoms with van der Waals surface area (Å²) in [6, 6.07) is 19.0. The number of nitrogens with zero attached hydrogens (tertiary/aromatic N) is 1. The van der Waals surface area contributed by atoms with Crippen LogP contribution in [0.3, 0.4) is 0 Å². The van der Waals surface area contributed by atoms with Crippen molar-refractivity contribution >= 4 is 11.8 Å². The molecule has 1 spiro atoms. The maximum Gasteiger partial charge on any atom is 0.255 e. The highest BCUT2D eigenvalue weighted by atomic mass is 32.2. The van der Waals surface area contributed by atoms with Gasteiger partial charge in [0.2, 0.25) is 0 Å². The number of hydrogen-bond acceptors (Lipinski definition) is 3. The van der Waals surface area contributed by atoms with E-state index >= 15 is 0 Å². The van der Waals surface area contributed by atoms with Crippen molar-refractivity contribution < 1.29 is 0 Å². The summed E-state index contributed by atoms with van der Waals surface area (Å²) in [5, 5.41) is 0.743. The Morgan fingerprint density at radius 1 is 0.966 bits per heavy atom. The van der Waals surface area contributed by atoms with Gasteiger partial charge in [0.05, 0.1) is 11.3 Å². The second-order valence-corrected chi connectivity index (χ2v) is 9.44. The zero-order valence-corrected chi connectivity index (χ0v) is 17.4. The fourth-order valence-electron chi connectivity index (χ4n) is 5.13. The van der Waals surface area contributed by atoms with Crippen LogP contribution < -0.4 is 5.56 Å². The van der Waals surface area contributed by atoms with E-state index in [0.717, 1.165) is 53.4 Å². The minimum atomic E-state index is -0.0320. The monoisotopic (exact) mass is 402 g/mol. The number of thioether (sulfide) groups is 1. The van der Waals surface area contributed by atoms with Crippen molar-refractivity contribution in [2.75, 3.05) is 5.75 Å². The summed E-state index contributed by atoms with van der Waals surface area (Å²) >= 11 is 1.65. The van der Waals surface area contributed by atoms with Gasteiger partial charge in [-0.25, -0.2) is 4.98 Å². The molecule has 2 aliphatic carbocycles. The second kappa shape index (κ2) is 7.83. The van der Waals surface area contributed by atoms with Gasteiger partial charge in [-0.15, -0.1) is 0 Å². The topological polar surface area (TPSA) is 45.8 Å². The molecule has 0 radical (unpaired) electrons. The van der Waals surface area contributed by atoms with Crippen LogP contribution in [0.1, 0.15) is 48.8 Å². The van der Waals surface area contributed by atoms with Gasteiger partial charge in [0.1, 0.15) is 0 Å². The Morgan fingerprint density at radius 3 is 2.55 bits per heavy atom. The molecule has 3 aromatic rings. The average Bonchev–Trinajstić information content (AvgIpc) is 2.75. The lowest BCUT2D eigenvalue weighted by Crippen LogP contribution is -2.40. The van der Waals surface area contributed by atoms with Crippen LogP contribution in [0.15, 0.2) is 64.5 Å². The maximum atomic E-state index is 13.3. The molecule has 0 unspecified atom stereocenters. The fourth-order valence-corrected chi connectivity index (χ4v) is 5.98. The fraction of sp³-hybridized carbons (Fsp3) is 0.360. The molecule has 29 heavy (non-hydrogen) atoms. The van der Waals surface area contributed by atoms with Crippen molar-refractivity contribution in [3.8, 4) is 11.3 Å². The molecule has 2 aromatic carbocycles. The van der Waals surface area contributed by atoms with Crippen LogP contribution in [0.25, 0.3) is 11.3 Å². The first-order chi connectivity index (χ1) is 14.3. The normalized spacial score (nSPS) is 17.0. The van der Waals surface area contributed by atoms with Crippen LogP contribution >= 0.6 is 11.8 Å². The molecular weight excluding hydrogens is 376 g/mol. The quantitative estimate of drug-likeness (QED) is 0.461. The van der Waals surface area contributed by atoms with Gasteiger partial charge >= 0.3 is 0 Å². The van der Waals surface area contributed by atoms with Crippen LogP contribution in [0, 0.1) is 0 Å². The van der Waals surface area contributed by atoms with E-state index in [9.17, 15) is 4.79 Å². The molecule has 0 bridgehead atoms. The third-order valence-electron chi connectivity index (χ3n) is 6.51. The van der Waals surface area contributed by atoms with Crippen molar-refractivity contribution in [3.63, 3.8) is 0 Å². The molecule has 148 valence electrons. The zero-order chi connectivity index (χ0) is 19.7. The van der Waals surface area contributed by atoms with Crippen molar-refractivity contribution in [2.24, 2.45) is 0 Å². The summed E-state index contributed by atoms with van der Waals surface area (Å²) in [5.41, 5.74) is 5.73. The Labute approximate surface area is 176 Å². The van der Waals surface area contributed by atoms with Crippen molar-refractivity contribution in [1.29, 1.82) is 0 Å². The lowest BCUT2D eigenvalue weighted by Gasteiger charge is -2.41. The van der Waals surface area contributed by atoms with E-state index in [1.807, 2.05) is 6.07 Å². The first-order valence-electron chi connectivity index (χ1n) is 10.6. The van der Waals surface area contributed by atoms with Crippen LogP contribution in [0.4, 0.5) is 0 Å². The highest BCUT2D eigenvalue weighted by molar-refractivity contribution is 7.99. The summed E-state index contributed by atoms with van der Waals surface area (Å²) in [6.45, 7) is 0. The molecule has 0 saturated heterocycles. The number of aromatic amines is 1. The van der Waals surface area contributed by atoms with E-state index in [4.69, 9.17) is 4.98 Å². The van der Waals surface area contributed by atoms with Crippen LogP contribution in [0.2, 0.25) is 0 Å². The average molecular weight is 403 g/mol. The predicted octanol–water partition coefficient (Wildman–Crippen LogP) is 5.53. The number of rotatable bonds is 4. The molecule has 2 aliphatic rings. The smallest absolute Gasteiger partial charge is 0.255 e. The number of H-pyrrole nitrogens is 1. The first-order valence-corrected chi connectivity index (χ1v) is 11.6. The van der Waals surface area contributed by atoms with Gasteiger partial charge in [-0.1, -0.05) is 85.6 Å². The Bertz CT molecular complexity index is 1070.